The SMILES string of the molecule is C#CCSc1nc(Sc2nnnn2CCN(C)C)c(C#N)c(-c2ccc(C)cc2)n1. The second-order valence-corrected chi connectivity index (χ2v) is 8.49. The Bertz CT molecular complexity index is 1090. The molecule has 0 unspecified atom stereocenters. The van der Waals surface area contributed by atoms with Crippen LogP contribution in [0.15, 0.2) is 39.6 Å². The summed E-state index contributed by atoms with van der Waals surface area (Å²) in [5.74, 6) is 3.02. The molecule has 2 heterocycles. The molecule has 0 aliphatic heterocycles. The molecule has 0 N–H and O–H groups in total. The molecule has 0 atom stereocenters. The first-order chi connectivity index (χ1) is 14.5. The molecule has 0 bridgehead atoms. The van der Waals surface area contributed by atoms with Crippen LogP contribution in [0.4, 0.5) is 0 Å². The summed E-state index contributed by atoms with van der Waals surface area (Å²) in [5.41, 5.74) is 2.93. The Kier molecular flexibility index (Phi) is 7.41. The van der Waals surface area contributed by atoms with E-state index in [1.165, 1.54) is 23.5 Å². The van der Waals surface area contributed by atoms with Crippen molar-refractivity contribution in [2.24, 2.45) is 0 Å². The Morgan fingerprint density at radius 1 is 1.20 bits per heavy atom. The number of hydrogen-bond donors (Lipinski definition) is 0. The fourth-order valence-corrected chi connectivity index (χ4v) is 3.92. The molecular formula is C20H20N8S2. The molecule has 0 fully saturated rings. The largest absolute Gasteiger partial charge is 0.308 e. The highest BCUT2D eigenvalue weighted by Gasteiger charge is 2.20. The number of nitrogens with zero attached hydrogens (tertiary/aromatic N) is 8. The number of nitriles is 1. The molecule has 10 heteroatoms. The Balaban J connectivity index is 2.04. The van der Waals surface area contributed by atoms with E-state index in [-0.39, 0.29) is 0 Å². The maximum Gasteiger partial charge on any atom is 0.215 e. The molecule has 0 aliphatic carbocycles. The molecule has 30 heavy (non-hydrogen) atoms. The lowest BCUT2D eigenvalue weighted by atomic mass is 10.1. The third-order valence-electron chi connectivity index (χ3n) is 4.02. The van der Waals surface area contributed by atoms with Crippen LogP contribution in [0.5, 0.6) is 0 Å². The van der Waals surface area contributed by atoms with Gasteiger partial charge < -0.3 is 4.90 Å². The van der Waals surface area contributed by atoms with Crippen LogP contribution in [0, 0.1) is 30.6 Å². The van der Waals surface area contributed by atoms with E-state index in [0.717, 1.165) is 17.7 Å². The minimum absolute atomic E-state index is 0.385. The van der Waals surface area contributed by atoms with Crippen molar-refractivity contribution in [3.8, 4) is 29.7 Å². The predicted octanol–water partition coefficient (Wildman–Crippen LogP) is 2.75. The van der Waals surface area contributed by atoms with Crippen LogP contribution >= 0.6 is 23.5 Å². The number of aromatic nitrogens is 6. The van der Waals surface area contributed by atoms with Crippen molar-refractivity contribution >= 4 is 23.5 Å². The lowest BCUT2D eigenvalue weighted by Crippen LogP contribution is -2.19. The summed E-state index contributed by atoms with van der Waals surface area (Å²) in [7, 11) is 3.97. The molecule has 0 aliphatic rings. The van der Waals surface area contributed by atoms with Crippen molar-refractivity contribution in [3.63, 3.8) is 0 Å². The average Bonchev–Trinajstić information content (AvgIpc) is 3.18. The summed E-state index contributed by atoms with van der Waals surface area (Å²) in [6.07, 6.45) is 5.41. The zero-order valence-electron chi connectivity index (χ0n) is 16.9. The number of thioether (sulfide) groups is 1. The monoisotopic (exact) mass is 436 g/mol. The van der Waals surface area contributed by atoms with E-state index in [9.17, 15) is 5.26 Å². The molecule has 0 saturated carbocycles. The summed E-state index contributed by atoms with van der Waals surface area (Å²) in [6.45, 7) is 3.42. The van der Waals surface area contributed by atoms with Gasteiger partial charge in [0, 0.05) is 12.1 Å². The van der Waals surface area contributed by atoms with Gasteiger partial charge >= 0.3 is 0 Å². The average molecular weight is 437 g/mol. The summed E-state index contributed by atoms with van der Waals surface area (Å²) in [6, 6.07) is 10.1. The lowest BCUT2D eigenvalue weighted by Gasteiger charge is -2.12. The third kappa shape index (κ3) is 5.36. The fourth-order valence-electron chi connectivity index (χ4n) is 2.48. The van der Waals surface area contributed by atoms with Gasteiger partial charge in [0.1, 0.15) is 16.7 Å². The standard InChI is InChI=1S/C20H20N8S2/c1-5-12-29-19-22-17(15-8-6-14(2)7-9-15)16(13-21)18(23-19)30-20-24-25-26-28(20)11-10-27(3)4/h1,6-9H,10-12H2,2-4H3. The molecule has 2 aromatic heterocycles. The number of benzene rings is 1. The maximum absolute atomic E-state index is 9.91. The van der Waals surface area contributed by atoms with Crippen LogP contribution < -0.4 is 0 Å². The van der Waals surface area contributed by atoms with Gasteiger partial charge in [0.05, 0.1) is 18.0 Å². The molecule has 1 aromatic carbocycles. The first kappa shape index (κ1) is 21.8. The van der Waals surface area contributed by atoms with Gasteiger partial charge in [0.2, 0.25) is 5.16 Å². The van der Waals surface area contributed by atoms with Crippen LogP contribution in [-0.2, 0) is 6.54 Å². The van der Waals surface area contributed by atoms with Crippen molar-refractivity contribution in [2.75, 3.05) is 26.4 Å². The van der Waals surface area contributed by atoms with E-state index in [0.29, 0.717) is 38.9 Å². The second kappa shape index (κ2) is 10.2. The normalized spacial score (nSPS) is 10.7. The summed E-state index contributed by atoms with van der Waals surface area (Å²) in [5, 5.41) is 23.4. The number of likely N-dealkylation sites (N-methyl/N-ethyl adjacent to an activating group) is 1. The van der Waals surface area contributed by atoms with Gasteiger partial charge in [-0.3, -0.25) is 0 Å². The van der Waals surface area contributed by atoms with E-state index in [2.05, 4.69) is 37.5 Å². The highest BCUT2D eigenvalue weighted by molar-refractivity contribution is 7.99. The van der Waals surface area contributed by atoms with Crippen molar-refractivity contribution in [1.29, 1.82) is 5.26 Å². The van der Waals surface area contributed by atoms with Gasteiger partial charge in [-0.1, -0.05) is 47.5 Å². The van der Waals surface area contributed by atoms with Gasteiger partial charge in [0.25, 0.3) is 0 Å². The zero-order valence-corrected chi connectivity index (χ0v) is 18.5. The smallest absolute Gasteiger partial charge is 0.215 e. The van der Waals surface area contributed by atoms with Gasteiger partial charge in [-0.15, -0.1) is 11.5 Å². The van der Waals surface area contributed by atoms with E-state index < -0.39 is 0 Å². The second-order valence-electron chi connectivity index (χ2n) is 6.60. The Morgan fingerprint density at radius 2 is 1.97 bits per heavy atom. The van der Waals surface area contributed by atoms with E-state index in [1.807, 2.05) is 50.2 Å². The van der Waals surface area contributed by atoms with Gasteiger partial charge in [0.15, 0.2) is 5.16 Å². The highest BCUT2D eigenvalue weighted by Crippen LogP contribution is 2.34. The van der Waals surface area contributed by atoms with Gasteiger partial charge in [-0.25, -0.2) is 14.6 Å². The molecule has 3 aromatic rings. The number of terminal acetylenes is 1. The molecule has 0 amide bonds. The minimum Gasteiger partial charge on any atom is -0.308 e. The first-order valence-electron chi connectivity index (χ1n) is 9.06. The van der Waals surface area contributed by atoms with Crippen LogP contribution in [0.2, 0.25) is 0 Å². The molecule has 8 nitrogen and oxygen atoms in total. The Labute approximate surface area is 184 Å². The Morgan fingerprint density at radius 3 is 2.63 bits per heavy atom. The number of rotatable bonds is 8. The van der Waals surface area contributed by atoms with E-state index in [1.54, 1.807) is 4.68 Å². The molecular weight excluding hydrogens is 416 g/mol. The fraction of sp³-hybridized carbons (Fsp3) is 0.300. The van der Waals surface area contributed by atoms with Crippen LogP contribution in [0.3, 0.4) is 0 Å². The van der Waals surface area contributed by atoms with Crippen LogP contribution in [-0.4, -0.2) is 61.5 Å². The summed E-state index contributed by atoms with van der Waals surface area (Å²) in [4.78, 5) is 11.2. The zero-order chi connectivity index (χ0) is 21.5. The van der Waals surface area contributed by atoms with Crippen molar-refractivity contribution < 1.29 is 0 Å². The lowest BCUT2D eigenvalue weighted by molar-refractivity contribution is 0.361. The molecule has 152 valence electrons. The van der Waals surface area contributed by atoms with E-state index in [4.69, 9.17) is 6.42 Å². The number of hydrogen-bond acceptors (Lipinski definition) is 9. The van der Waals surface area contributed by atoms with Gasteiger partial charge in [-0.05, 0) is 43.2 Å². The summed E-state index contributed by atoms with van der Waals surface area (Å²) >= 11 is 2.60. The van der Waals surface area contributed by atoms with Crippen molar-refractivity contribution in [2.45, 2.75) is 28.8 Å². The highest BCUT2D eigenvalue weighted by atomic mass is 32.2. The number of aryl methyl sites for hydroxylation is 1. The summed E-state index contributed by atoms with van der Waals surface area (Å²) < 4.78 is 1.70. The molecule has 3 rings (SSSR count). The molecule has 0 saturated heterocycles. The van der Waals surface area contributed by atoms with Crippen molar-refractivity contribution in [1.82, 2.24) is 35.1 Å². The number of tetrazole rings is 1. The Hall–Kier alpha value is -2.92. The first-order valence-corrected chi connectivity index (χ1v) is 10.9. The van der Waals surface area contributed by atoms with Crippen molar-refractivity contribution in [3.05, 3.63) is 35.4 Å². The topological polar surface area (TPSA) is 96.4 Å². The molecule has 0 radical (unpaired) electrons. The minimum atomic E-state index is 0.385. The third-order valence-corrected chi connectivity index (χ3v) is 5.74. The van der Waals surface area contributed by atoms with Crippen LogP contribution in [0.1, 0.15) is 11.1 Å². The maximum atomic E-state index is 9.91. The molecule has 0 spiro atoms. The quantitative estimate of drug-likeness (QED) is 0.228. The van der Waals surface area contributed by atoms with Crippen LogP contribution in [0.25, 0.3) is 11.3 Å². The van der Waals surface area contributed by atoms with Gasteiger partial charge in [-0.2, -0.15) is 5.26 Å². The predicted molar refractivity (Wildman–Crippen MR) is 117 cm³/mol. The van der Waals surface area contributed by atoms with E-state index >= 15 is 0 Å².